The third kappa shape index (κ3) is 5.50. The van der Waals surface area contributed by atoms with Gasteiger partial charge in [-0.05, 0) is 67.2 Å². The number of aryl methyl sites for hydroxylation is 3. The lowest BCUT2D eigenvalue weighted by molar-refractivity contribution is -0.139. The predicted octanol–water partition coefficient (Wildman–Crippen LogP) is 4.44. The van der Waals surface area contributed by atoms with Crippen LogP contribution < -0.4 is 14.8 Å². The number of ether oxygens (including phenoxy) is 3. The largest absolute Gasteiger partial charge is 0.454 e. The number of benzene rings is 1. The number of nitrogens with zero attached hydrogens (tertiary/aromatic N) is 3. The molecule has 0 saturated heterocycles. The van der Waals surface area contributed by atoms with E-state index >= 15 is 0 Å². The molecule has 1 atom stereocenters. The normalized spacial score (nSPS) is 15.8. The maximum Gasteiger partial charge on any atom is 0.311 e. The Hall–Kier alpha value is -4.14. The average molecular weight is 501 g/mol. The van der Waals surface area contributed by atoms with Gasteiger partial charge in [-0.15, -0.1) is 0 Å². The summed E-state index contributed by atoms with van der Waals surface area (Å²) in [5, 5.41) is 7.56. The van der Waals surface area contributed by atoms with Crippen LogP contribution in [0.5, 0.6) is 11.5 Å². The molecule has 2 aromatic heterocycles. The van der Waals surface area contributed by atoms with Crippen LogP contribution in [-0.2, 0) is 35.2 Å². The topological polar surface area (TPSA) is 109 Å². The average Bonchev–Trinajstić information content (AvgIpc) is 3.55. The van der Waals surface area contributed by atoms with Crippen molar-refractivity contribution in [1.82, 2.24) is 15.1 Å². The molecule has 4 heterocycles. The summed E-state index contributed by atoms with van der Waals surface area (Å²) < 4.78 is 21.9. The number of esters is 1. The lowest BCUT2D eigenvalue weighted by Crippen LogP contribution is -2.14. The van der Waals surface area contributed by atoms with E-state index in [4.69, 9.17) is 23.7 Å². The Morgan fingerprint density at radius 3 is 2.92 bits per heavy atom. The molecule has 1 N–H and O–H groups in total. The van der Waals surface area contributed by atoms with Crippen LogP contribution >= 0.6 is 0 Å². The minimum Gasteiger partial charge on any atom is -0.454 e. The van der Waals surface area contributed by atoms with Crippen LogP contribution in [-0.4, -0.2) is 34.4 Å². The summed E-state index contributed by atoms with van der Waals surface area (Å²) in [5.41, 5.74) is 3.28. The van der Waals surface area contributed by atoms with Gasteiger partial charge in [0.1, 0.15) is 11.6 Å². The molecule has 0 spiro atoms. The molecule has 2 aliphatic heterocycles. The molecule has 0 radical (unpaired) electrons. The fraction of sp³-hybridized carbons (Fsp3) is 0.357. The van der Waals surface area contributed by atoms with Crippen LogP contribution in [0.1, 0.15) is 53.7 Å². The molecule has 0 bridgehead atoms. The summed E-state index contributed by atoms with van der Waals surface area (Å²) in [5.74, 6) is 3.56. The number of allylic oxidation sites excluding steroid dienone is 3. The Balaban J connectivity index is 1.09. The molecule has 6 rings (SSSR count). The number of nitrogens with one attached hydrogen (secondary N) is 1. The second-order valence-corrected chi connectivity index (χ2v) is 9.42. The Kier molecular flexibility index (Phi) is 6.58. The zero-order chi connectivity index (χ0) is 25.0. The van der Waals surface area contributed by atoms with Gasteiger partial charge in [-0.25, -0.2) is 4.98 Å². The molecule has 0 unspecified atom stereocenters. The number of pyridine rings is 1. The van der Waals surface area contributed by atoms with Crippen molar-refractivity contribution < 1.29 is 23.5 Å². The Labute approximate surface area is 214 Å². The number of aromatic nitrogens is 3. The van der Waals surface area contributed by atoms with Gasteiger partial charge >= 0.3 is 5.97 Å². The fourth-order valence-electron chi connectivity index (χ4n) is 4.71. The SMILES string of the molecule is O=C(C[C@H](Cc1nc(CCCc2ccc3c(n2)NCCC3)no1)c1ccc2c(c1)OCO2)OC1=CC=C1. The summed E-state index contributed by atoms with van der Waals surface area (Å²) in [4.78, 5) is 22.0. The van der Waals surface area contributed by atoms with E-state index in [2.05, 4.69) is 27.6 Å². The third-order valence-electron chi connectivity index (χ3n) is 6.75. The third-order valence-corrected chi connectivity index (χ3v) is 6.75. The number of hydrogen-bond donors (Lipinski definition) is 1. The van der Waals surface area contributed by atoms with E-state index in [-0.39, 0.29) is 25.1 Å². The summed E-state index contributed by atoms with van der Waals surface area (Å²) in [6.07, 6.45) is 10.6. The van der Waals surface area contributed by atoms with Gasteiger partial charge in [0.25, 0.3) is 0 Å². The molecule has 1 aliphatic carbocycles. The highest BCUT2D eigenvalue weighted by atomic mass is 16.7. The number of anilines is 1. The van der Waals surface area contributed by atoms with Gasteiger partial charge in [0.15, 0.2) is 17.3 Å². The van der Waals surface area contributed by atoms with Crippen LogP contribution in [0.15, 0.2) is 58.8 Å². The van der Waals surface area contributed by atoms with Gasteiger partial charge in [-0.3, -0.25) is 4.79 Å². The van der Waals surface area contributed by atoms with Gasteiger partial charge in [0, 0.05) is 31.0 Å². The quantitative estimate of drug-likeness (QED) is 0.404. The van der Waals surface area contributed by atoms with Crippen molar-refractivity contribution in [1.29, 1.82) is 0 Å². The van der Waals surface area contributed by atoms with Gasteiger partial charge in [0.05, 0.1) is 6.42 Å². The van der Waals surface area contributed by atoms with Crippen molar-refractivity contribution in [2.45, 2.75) is 50.9 Å². The minimum absolute atomic E-state index is 0.167. The summed E-state index contributed by atoms with van der Waals surface area (Å²) in [7, 11) is 0. The smallest absolute Gasteiger partial charge is 0.311 e. The molecule has 3 aromatic rings. The monoisotopic (exact) mass is 500 g/mol. The second kappa shape index (κ2) is 10.5. The maximum absolute atomic E-state index is 12.6. The maximum atomic E-state index is 12.6. The lowest BCUT2D eigenvalue weighted by Gasteiger charge is -2.17. The number of fused-ring (bicyclic) bond motifs is 2. The standard InChI is InChI=1S/C28H28N4O5/c33-27(36-22-6-2-7-22)16-20(19-10-12-23-24(14-19)35-17-34-23)15-26-31-25(32-37-26)8-1-5-21-11-9-18-4-3-13-29-28(18)30-21/h2,6-7,9-12,14,20H,1,3-5,8,13,15-17H2,(H,29,30)/t20-/m0/s1. The zero-order valence-electron chi connectivity index (χ0n) is 20.4. The summed E-state index contributed by atoms with van der Waals surface area (Å²) in [6, 6.07) is 9.98. The molecule has 37 heavy (non-hydrogen) atoms. The molecular weight excluding hydrogens is 472 g/mol. The van der Waals surface area contributed by atoms with E-state index in [1.165, 1.54) is 5.56 Å². The van der Waals surface area contributed by atoms with E-state index in [1.807, 2.05) is 24.3 Å². The number of carbonyl (C=O) groups is 1. The van der Waals surface area contributed by atoms with Gasteiger partial charge in [0.2, 0.25) is 12.7 Å². The van der Waals surface area contributed by atoms with Crippen LogP contribution in [0, 0.1) is 0 Å². The molecule has 9 nitrogen and oxygen atoms in total. The molecular formula is C28H28N4O5. The number of hydrogen-bond acceptors (Lipinski definition) is 9. The molecule has 1 aromatic carbocycles. The van der Waals surface area contributed by atoms with Crippen molar-refractivity contribution in [3.8, 4) is 11.5 Å². The van der Waals surface area contributed by atoms with Gasteiger partial charge in [-0.2, -0.15) is 4.98 Å². The first-order chi connectivity index (χ1) is 18.2. The lowest BCUT2D eigenvalue weighted by atomic mass is 9.92. The highest BCUT2D eigenvalue weighted by molar-refractivity contribution is 5.72. The van der Waals surface area contributed by atoms with Crippen molar-refractivity contribution in [2.24, 2.45) is 0 Å². The van der Waals surface area contributed by atoms with E-state index in [1.54, 1.807) is 12.2 Å². The number of rotatable bonds is 10. The highest BCUT2D eigenvalue weighted by Crippen LogP contribution is 2.36. The Morgan fingerprint density at radius 1 is 1.11 bits per heavy atom. The molecule has 0 amide bonds. The van der Waals surface area contributed by atoms with E-state index < -0.39 is 0 Å². The van der Waals surface area contributed by atoms with Crippen LogP contribution in [0.25, 0.3) is 0 Å². The molecule has 9 heteroatoms. The first-order valence-corrected chi connectivity index (χ1v) is 12.7. The van der Waals surface area contributed by atoms with Crippen molar-refractivity contribution >= 4 is 11.8 Å². The molecule has 0 saturated carbocycles. The zero-order valence-corrected chi connectivity index (χ0v) is 20.4. The predicted molar refractivity (Wildman–Crippen MR) is 134 cm³/mol. The highest BCUT2D eigenvalue weighted by Gasteiger charge is 2.24. The van der Waals surface area contributed by atoms with Crippen molar-refractivity contribution in [3.63, 3.8) is 0 Å². The van der Waals surface area contributed by atoms with Crippen LogP contribution in [0.3, 0.4) is 0 Å². The van der Waals surface area contributed by atoms with Crippen molar-refractivity contribution in [2.75, 3.05) is 18.7 Å². The summed E-state index contributed by atoms with van der Waals surface area (Å²) in [6.45, 7) is 1.17. The first-order valence-electron chi connectivity index (χ1n) is 12.7. The Bertz CT molecular complexity index is 1360. The minimum atomic E-state index is -0.315. The van der Waals surface area contributed by atoms with E-state index in [9.17, 15) is 4.79 Å². The van der Waals surface area contributed by atoms with Gasteiger partial charge in [-0.1, -0.05) is 23.4 Å². The molecule has 0 fully saturated rings. The molecule has 190 valence electrons. The Morgan fingerprint density at radius 2 is 2.03 bits per heavy atom. The van der Waals surface area contributed by atoms with Crippen LogP contribution in [0.4, 0.5) is 5.82 Å². The fourth-order valence-corrected chi connectivity index (χ4v) is 4.71. The van der Waals surface area contributed by atoms with E-state index in [0.717, 1.165) is 49.3 Å². The number of carbonyl (C=O) groups excluding carboxylic acids is 1. The van der Waals surface area contributed by atoms with Gasteiger partial charge < -0.3 is 24.1 Å². The summed E-state index contributed by atoms with van der Waals surface area (Å²) >= 11 is 0. The first kappa shape index (κ1) is 23.3. The molecule has 3 aliphatic rings. The second-order valence-electron chi connectivity index (χ2n) is 9.42. The van der Waals surface area contributed by atoms with E-state index in [0.29, 0.717) is 41.8 Å². The van der Waals surface area contributed by atoms with Crippen molar-refractivity contribution in [3.05, 3.63) is 82.9 Å². The van der Waals surface area contributed by atoms with Crippen LogP contribution in [0.2, 0.25) is 0 Å².